The third kappa shape index (κ3) is 4.11. The fourth-order valence-corrected chi connectivity index (χ4v) is 5.21. The van der Waals surface area contributed by atoms with E-state index in [0.29, 0.717) is 30.1 Å². The Kier molecular flexibility index (Phi) is 5.62. The fourth-order valence-electron chi connectivity index (χ4n) is 3.69. The highest BCUT2D eigenvalue weighted by Gasteiger charge is 2.25. The Morgan fingerprint density at radius 3 is 2.43 bits per heavy atom. The number of carbonyl (C=O) groups excluding carboxylic acids is 1. The lowest BCUT2D eigenvalue weighted by atomic mass is 10.1. The molecule has 4 rings (SSSR count). The van der Waals surface area contributed by atoms with Crippen LogP contribution in [0.5, 0.6) is 0 Å². The van der Waals surface area contributed by atoms with Gasteiger partial charge in [0, 0.05) is 24.2 Å². The molecule has 30 heavy (non-hydrogen) atoms. The van der Waals surface area contributed by atoms with Crippen molar-refractivity contribution >= 4 is 32.6 Å². The topological polar surface area (TPSA) is 92.5 Å². The summed E-state index contributed by atoms with van der Waals surface area (Å²) in [5, 5.41) is 7.67. The molecule has 1 fully saturated rings. The number of aryl methyl sites for hydroxylation is 2. The molecule has 0 spiro atoms. The zero-order valence-electron chi connectivity index (χ0n) is 17.1. The number of nitrogens with one attached hydrogen (secondary N) is 1. The molecular weight excluding hydrogens is 402 g/mol. The number of piperidine rings is 1. The normalized spacial score (nSPS) is 15.4. The van der Waals surface area contributed by atoms with E-state index in [1.807, 2.05) is 26.0 Å². The van der Waals surface area contributed by atoms with Gasteiger partial charge >= 0.3 is 0 Å². The third-order valence-corrected chi connectivity index (χ3v) is 7.49. The summed E-state index contributed by atoms with van der Waals surface area (Å²) in [7, 11) is -3.48. The lowest BCUT2D eigenvalue weighted by Gasteiger charge is -2.25. The van der Waals surface area contributed by atoms with Crippen LogP contribution in [0.1, 0.15) is 36.1 Å². The van der Waals surface area contributed by atoms with Crippen LogP contribution in [-0.2, 0) is 21.2 Å². The molecule has 1 amide bonds. The Bertz CT molecular complexity index is 1180. The van der Waals surface area contributed by atoms with E-state index in [0.717, 1.165) is 35.8 Å². The number of rotatable bonds is 5. The second kappa shape index (κ2) is 8.20. The zero-order chi connectivity index (χ0) is 21.3. The van der Waals surface area contributed by atoms with Gasteiger partial charge in [0.2, 0.25) is 15.9 Å². The van der Waals surface area contributed by atoms with Gasteiger partial charge in [0.1, 0.15) is 5.69 Å². The van der Waals surface area contributed by atoms with Crippen molar-refractivity contribution in [2.24, 2.45) is 0 Å². The Labute approximate surface area is 176 Å². The maximum Gasteiger partial charge on any atom is 0.243 e. The second-order valence-corrected chi connectivity index (χ2v) is 9.71. The van der Waals surface area contributed by atoms with Crippen molar-refractivity contribution in [1.29, 1.82) is 0 Å². The minimum Gasteiger partial charge on any atom is -0.356 e. The molecule has 0 aliphatic carbocycles. The Morgan fingerprint density at radius 2 is 1.73 bits per heavy atom. The molecule has 2 aromatic carbocycles. The summed E-state index contributed by atoms with van der Waals surface area (Å²) in [5.74, 6) is -0.241. The van der Waals surface area contributed by atoms with Gasteiger partial charge in [0.15, 0.2) is 5.58 Å². The Hall–Kier alpha value is -2.71. The summed E-state index contributed by atoms with van der Waals surface area (Å²) in [4.78, 5) is 12.7. The summed E-state index contributed by atoms with van der Waals surface area (Å²) < 4.78 is 32.3. The van der Waals surface area contributed by atoms with Crippen LogP contribution in [-0.4, -0.2) is 36.9 Å². The summed E-state index contributed by atoms with van der Waals surface area (Å²) in [5.41, 5.74) is 3.99. The molecular formula is C22H25N3O4S. The molecule has 7 nitrogen and oxygen atoms in total. The molecule has 0 atom stereocenters. The van der Waals surface area contributed by atoms with E-state index in [9.17, 15) is 13.2 Å². The Morgan fingerprint density at radius 1 is 1.07 bits per heavy atom. The van der Waals surface area contributed by atoms with Crippen LogP contribution in [0.3, 0.4) is 0 Å². The standard InChI is InChI=1S/C22H25N3O4S/c1-15-12-19-20(24-29-21(19)13-16(15)2)14-22(26)23-17-6-8-18(9-7-17)30(27,28)25-10-4-3-5-11-25/h6-9,12-13H,3-5,10-11,14H2,1-2H3,(H,23,26). The molecule has 1 N–H and O–H groups in total. The second-order valence-electron chi connectivity index (χ2n) is 7.78. The van der Waals surface area contributed by atoms with Gasteiger partial charge in [-0.25, -0.2) is 8.42 Å². The van der Waals surface area contributed by atoms with Crippen LogP contribution < -0.4 is 5.32 Å². The van der Waals surface area contributed by atoms with Crippen molar-refractivity contribution in [3.8, 4) is 0 Å². The lowest BCUT2D eigenvalue weighted by molar-refractivity contribution is -0.115. The molecule has 0 unspecified atom stereocenters. The van der Waals surface area contributed by atoms with Gasteiger partial charge in [-0.1, -0.05) is 11.6 Å². The first-order chi connectivity index (χ1) is 14.3. The monoisotopic (exact) mass is 427 g/mol. The molecule has 3 aromatic rings. The molecule has 0 saturated carbocycles. The van der Waals surface area contributed by atoms with E-state index in [-0.39, 0.29) is 17.2 Å². The summed E-state index contributed by atoms with van der Waals surface area (Å²) in [6.07, 6.45) is 2.92. The fraction of sp³-hybridized carbons (Fsp3) is 0.364. The van der Waals surface area contributed by atoms with Gasteiger partial charge in [0.05, 0.1) is 11.3 Å². The number of sulfonamides is 1. The van der Waals surface area contributed by atoms with Gasteiger partial charge in [-0.05, 0) is 74.2 Å². The molecule has 8 heteroatoms. The minimum absolute atomic E-state index is 0.0727. The predicted molar refractivity (Wildman–Crippen MR) is 115 cm³/mol. The average molecular weight is 428 g/mol. The first kappa shape index (κ1) is 20.6. The third-order valence-electron chi connectivity index (χ3n) is 5.58. The minimum atomic E-state index is -3.48. The van der Waals surface area contributed by atoms with E-state index in [1.54, 1.807) is 12.1 Å². The molecule has 158 valence electrons. The number of amides is 1. The number of anilines is 1. The highest BCUT2D eigenvalue weighted by atomic mass is 32.2. The quantitative estimate of drug-likeness (QED) is 0.669. The summed E-state index contributed by atoms with van der Waals surface area (Å²) >= 11 is 0. The maximum absolute atomic E-state index is 12.7. The van der Waals surface area contributed by atoms with Crippen LogP contribution in [0.4, 0.5) is 5.69 Å². The smallest absolute Gasteiger partial charge is 0.243 e. The number of hydrogen-bond donors (Lipinski definition) is 1. The number of nitrogens with zero attached hydrogens (tertiary/aromatic N) is 2. The molecule has 1 aliphatic heterocycles. The van der Waals surface area contributed by atoms with E-state index in [4.69, 9.17) is 4.52 Å². The number of fused-ring (bicyclic) bond motifs is 1. The zero-order valence-corrected chi connectivity index (χ0v) is 18.0. The number of carbonyl (C=O) groups is 1. The van der Waals surface area contributed by atoms with Gasteiger partial charge in [0.25, 0.3) is 0 Å². The maximum atomic E-state index is 12.7. The van der Waals surface area contributed by atoms with E-state index < -0.39 is 10.0 Å². The van der Waals surface area contributed by atoms with Crippen molar-refractivity contribution < 1.29 is 17.7 Å². The number of aromatic nitrogens is 1. The van der Waals surface area contributed by atoms with Gasteiger partial charge in [-0.15, -0.1) is 0 Å². The summed E-state index contributed by atoms with van der Waals surface area (Å²) in [6.45, 7) is 5.13. The molecule has 1 saturated heterocycles. The Balaban J connectivity index is 1.45. The van der Waals surface area contributed by atoms with Crippen molar-refractivity contribution in [3.63, 3.8) is 0 Å². The molecule has 0 radical (unpaired) electrons. The van der Waals surface area contributed by atoms with Crippen LogP contribution >= 0.6 is 0 Å². The van der Waals surface area contributed by atoms with Gasteiger partial charge in [-0.3, -0.25) is 4.79 Å². The van der Waals surface area contributed by atoms with Gasteiger partial charge < -0.3 is 9.84 Å². The molecule has 2 heterocycles. The van der Waals surface area contributed by atoms with Crippen molar-refractivity contribution in [2.75, 3.05) is 18.4 Å². The van der Waals surface area contributed by atoms with Crippen LogP contribution in [0, 0.1) is 13.8 Å². The van der Waals surface area contributed by atoms with E-state index in [2.05, 4.69) is 10.5 Å². The lowest BCUT2D eigenvalue weighted by Crippen LogP contribution is -2.35. The highest BCUT2D eigenvalue weighted by molar-refractivity contribution is 7.89. The van der Waals surface area contributed by atoms with Crippen LogP contribution in [0.25, 0.3) is 11.0 Å². The van der Waals surface area contributed by atoms with Crippen LogP contribution in [0.15, 0.2) is 45.8 Å². The first-order valence-electron chi connectivity index (χ1n) is 10.1. The van der Waals surface area contributed by atoms with E-state index in [1.165, 1.54) is 16.4 Å². The SMILES string of the molecule is Cc1cc2onc(CC(=O)Nc3ccc(S(=O)(=O)N4CCCCC4)cc3)c2cc1C. The van der Waals surface area contributed by atoms with Crippen molar-refractivity contribution in [3.05, 3.63) is 53.2 Å². The van der Waals surface area contributed by atoms with Gasteiger partial charge in [-0.2, -0.15) is 4.31 Å². The highest BCUT2D eigenvalue weighted by Crippen LogP contribution is 2.24. The largest absolute Gasteiger partial charge is 0.356 e. The number of benzene rings is 2. The van der Waals surface area contributed by atoms with Crippen LogP contribution in [0.2, 0.25) is 0 Å². The predicted octanol–water partition coefficient (Wildman–Crippen LogP) is 3.80. The molecule has 1 aromatic heterocycles. The van der Waals surface area contributed by atoms with Crippen molar-refractivity contribution in [1.82, 2.24) is 9.46 Å². The average Bonchev–Trinajstić information content (AvgIpc) is 3.10. The first-order valence-corrected chi connectivity index (χ1v) is 11.5. The summed E-state index contributed by atoms with van der Waals surface area (Å²) in [6, 6.07) is 10.2. The molecule has 0 bridgehead atoms. The van der Waals surface area contributed by atoms with Crippen molar-refractivity contribution in [2.45, 2.75) is 44.4 Å². The number of hydrogen-bond acceptors (Lipinski definition) is 5. The molecule has 1 aliphatic rings. The van der Waals surface area contributed by atoms with E-state index >= 15 is 0 Å².